The van der Waals surface area contributed by atoms with E-state index in [1.54, 1.807) is 0 Å². The Labute approximate surface area is 221 Å². The number of hydrazone groups is 1. The lowest BCUT2D eigenvalue weighted by Crippen LogP contribution is -2.41. The SMILES string of the molecule is CC(Oc1nc2c(s1)CCN(CCC1CCC(NC(=O)C3=CC=CC4=NN(C)CC34)CC1)CC2)C(F)F. The maximum atomic E-state index is 13.0. The lowest BCUT2D eigenvalue weighted by Gasteiger charge is -2.31. The summed E-state index contributed by atoms with van der Waals surface area (Å²) in [7, 11) is 1.95. The maximum absolute atomic E-state index is 13.0. The third kappa shape index (κ3) is 6.39. The van der Waals surface area contributed by atoms with Gasteiger partial charge in [-0.2, -0.15) is 5.10 Å². The average Bonchev–Trinajstić information content (AvgIpc) is 3.40. The average molecular weight is 534 g/mol. The lowest BCUT2D eigenvalue weighted by atomic mass is 9.83. The van der Waals surface area contributed by atoms with Crippen LogP contribution >= 0.6 is 11.3 Å². The molecule has 202 valence electrons. The van der Waals surface area contributed by atoms with E-state index in [0.29, 0.717) is 11.1 Å². The Kier molecular flexibility index (Phi) is 8.24. The number of thiazole rings is 1. The van der Waals surface area contributed by atoms with Gasteiger partial charge in [-0.15, -0.1) is 0 Å². The molecule has 37 heavy (non-hydrogen) atoms. The van der Waals surface area contributed by atoms with Crippen LogP contribution in [0.15, 0.2) is 28.9 Å². The minimum absolute atomic E-state index is 0.0589. The van der Waals surface area contributed by atoms with Crippen LogP contribution in [0.2, 0.25) is 0 Å². The van der Waals surface area contributed by atoms with Crippen molar-refractivity contribution in [3.63, 3.8) is 0 Å². The van der Waals surface area contributed by atoms with Crippen LogP contribution in [0.3, 0.4) is 0 Å². The van der Waals surface area contributed by atoms with Gasteiger partial charge < -0.3 is 15.0 Å². The summed E-state index contributed by atoms with van der Waals surface area (Å²) in [4.78, 5) is 21.2. The number of amides is 1. The molecule has 7 nitrogen and oxygen atoms in total. The molecule has 5 rings (SSSR count). The molecule has 2 aliphatic carbocycles. The van der Waals surface area contributed by atoms with Gasteiger partial charge in [-0.05, 0) is 64.0 Å². The molecular formula is C27H37F2N5O2S. The molecule has 0 spiro atoms. The standard InChI is InChI=1S/C27H37F2N5O2S/c1-17(25(28)29)36-27-31-23-11-14-34(15-12-24(23)37-27)13-10-18-6-8-19(9-7-18)30-26(35)20-4-3-5-22-21(20)16-33(2)32-22/h3-5,17-19,21,25H,6-16H2,1-2H3,(H,30,35). The molecule has 2 unspecified atom stereocenters. The van der Waals surface area contributed by atoms with Gasteiger partial charge in [0.2, 0.25) is 5.91 Å². The summed E-state index contributed by atoms with van der Waals surface area (Å²) in [6.07, 6.45) is 9.50. The Bertz CT molecular complexity index is 1040. The van der Waals surface area contributed by atoms with Crippen molar-refractivity contribution in [2.24, 2.45) is 16.9 Å². The zero-order chi connectivity index (χ0) is 25.9. The van der Waals surface area contributed by atoms with E-state index in [9.17, 15) is 13.6 Å². The summed E-state index contributed by atoms with van der Waals surface area (Å²) in [5.74, 6) is 0.836. The Morgan fingerprint density at radius 1 is 1.24 bits per heavy atom. The highest BCUT2D eigenvalue weighted by atomic mass is 32.1. The smallest absolute Gasteiger partial charge is 0.274 e. The number of halogens is 2. The number of alkyl halides is 2. The number of ether oxygens (including phenoxy) is 1. The van der Waals surface area contributed by atoms with E-state index in [1.165, 1.54) is 29.6 Å². The molecule has 4 aliphatic rings. The molecule has 1 aromatic heterocycles. The molecule has 10 heteroatoms. The number of aromatic nitrogens is 1. The number of nitrogens with zero attached hydrogens (tertiary/aromatic N) is 4. The fraction of sp³-hybridized carbons (Fsp3) is 0.667. The first-order valence-electron chi connectivity index (χ1n) is 13.5. The van der Waals surface area contributed by atoms with Crippen molar-refractivity contribution >= 4 is 23.0 Å². The minimum Gasteiger partial charge on any atom is -0.461 e. The molecule has 0 saturated heterocycles. The molecule has 2 atom stereocenters. The molecule has 1 aromatic rings. The number of carbonyl (C=O) groups excluding carboxylic acids is 1. The van der Waals surface area contributed by atoms with Crippen LogP contribution in [0.5, 0.6) is 5.19 Å². The van der Waals surface area contributed by atoms with Crippen LogP contribution in [-0.4, -0.2) is 78.3 Å². The predicted molar refractivity (Wildman–Crippen MR) is 141 cm³/mol. The van der Waals surface area contributed by atoms with Crippen LogP contribution < -0.4 is 10.1 Å². The molecule has 0 aromatic carbocycles. The fourth-order valence-corrected chi connectivity index (χ4v) is 6.80. The largest absolute Gasteiger partial charge is 0.461 e. The monoisotopic (exact) mass is 533 g/mol. The number of carbonyl (C=O) groups is 1. The first kappa shape index (κ1) is 26.3. The molecule has 0 radical (unpaired) electrons. The van der Waals surface area contributed by atoms with Crippen molar-refractivity contribution < 1.29 is 18.3 Å². The topological polar surface area (TPSA) is 70.1 Å². The van der Waals surface area contributed by atoms with Gasteiger partial charge in [-0.1, -0.05) is 23.5 Å². The molecule has 2 aliphatic heterocycles. The fourth-order valence-electron chi connectivity index (χ4n) is 5.77. The first-order valence-corrected chi connectivity index (χ1v) is 14.3. The van der Waals surface area contributed by atoms with Crippen LogP contribution in [0, 0.1) is 11.8 Å². The normalized spacial score (nSPS) is 26.7. The summed E-state index contributed by atoms with van der Waals surface area (Å²) in [6.45, 7) is 5.12. The van der Waals surface area contributed by atoms with Crippen LogP contribution in [0.4, 0.5) is 8.78 Å². The summed E-state index contributed by atoms with van der Waals surface area (Å²) in [6, 6.07) is 0.250. The summed E-state index contributed by atoms with van der Waals surface area (Å²) < 4.78 is 30.9. The van der Waals surface area contributed by atoms with Gasteiger partial charge in [0, 0.05) is 49.6 Å². The van der Waals surface area contributed by atoms with Gasteiger partial charge in [0.15, 0.2) is 6.10 Å². The molecule has 1 N–H and O–H groups in total. The summed E-state index contributed by atoms with van der Waals surface area (Å²) in [5.41, 5.74) is 2.82. The molecule has 1 saturated carbocycles. The minimum atomic E-state index is -2.50. The number of hydrogen-bond donors (Lipinski definition) is 1. The second kappa shape index (κ2) is 11.6. The van der Waals surface area contributed by atoms with Crippen molar-refractivity contribution in [3.8, 4) is 5.19 Å². The highest BCUT2D eigenvalue weighted by molar-refractivity contribution is 7.13. The van der Waals surface area contributed by atoms with Gasteiger partial charge >= 0.3 is 0 Å². The number of hydrogen-bond acceptors (Lipinski definition) is 7. The van der Waals surface area contributed by atoms with Gasteiger partial charge in [0.05, 0.1) is 17.3 Å². The van der Waals surface area contributed by atoms with E-state index >= 15 is 0 Å². The Morgan fingerprint density at radius 3 is 2.81 bits per heavy atom. The zero-order valence-electron chi connectivity index (χ0n) is 21.7. The van der Waals surface area contributed by atoms with Crippen LogP contribution in [-0.2, 0) is 17.6 Å². The second-order valence-corrected chi connectivity index (χ2v) is 11.8. The van der Waals surface area contributed by atoms with Gasteiger partial charge in [-0.25, -0.2) is 13.8 Å². The molecular weight excluding hydrogens is 496 g/mol. The van der Waals surface area contributed by atoms with E-state index in [0.717, 1.165) is 81.7 Å². The zero-order valence-corrected chi connectivity index (χ0v) is 22.5. The Morgan fingerprint density at radius 2 is 2.03 bits per heavy atom. The number of nitrogens with one attached hydrogen (secondary N) is 1. The van der Waals surface area contributed by atoms with Crippen molar-refractivity contribution in [3.05, 3.63) is 34.4 Å². The first-order chi connectivity index (χ1) is 17.9. The molecule has 1 fully saturated rings. The predicted octanol–water partition coefficient (Wildman–Crippen LogP) is 4.06. The van der Waals surface area contributed by atoms with Crippen molar-refractivity contribution in [1.82, 2.24) is 20.2 Å². The lowest BCUT2D eigenvalue weighted by molar-refractivity contribution is -0.118. The van der Waals surface area contributed by atoms with E-state index < -0.39 is 12.5 Å². The summed E-state index contributed by atoms with van der Waals surface area (Å²) >= 11 is 1.42. The summed E-state index contributed by atoms with van der Waals surface area (Å²) in [5, 5.41) is 10.1. The van der Waals surface area contributed by atoms with Crippen LogP contribution in [0.25, 0.3) is 0 Å². The van der Waals surface area contributed by atoms with Gasteiger partial charge in [-0.3, -0.25) is 9.80 Å². The Hall–Kier alpha value is -2.33. The highest BCUT2D eigenvalue weighted by Gasteiger charge is 2.33. The second-order valence-electron chi connectivity index (χ2n) is 10.7. The van der Waals surface area contributed by atoms with Crippen molar-refractivity contribution in [2.45, 2.75) is 70.4 Å². The molecule has 0 bridgehead atoms. The van der Waals surface area contributed by atoms with E-state index in [4.69, 9.17) is 4.74 Å². The van der Waals surface area contributed by atoms with Gasteiger partial charge in [0.1, 0.15) is 0 Å². The number of allylic oxidation sites excluding steroid dienone is 3. The molecule has 1 amide bonds. The quantitative estimate of drug-likeness (QED) is 0.546. The van der Waals surface area contributed by atoms with Gasteiger partial charge in [0.25, 0.3) is 11.6 Å². The van der Waals surface area contributed by atoms with E-state index in [2.05, 4.69) is 20.3 Å². The maximum Gasteiger partial charge on any atom is 0.274 e. The third-order valence-electron chi connectivity index (χ3n) is 8.03. The number of rotatable bonds is 8. The van der Waals surface area contributed by atoms with Crippen molar-refractivity contribution in [2.75, 3.05) is 33.2 Å². The number of fused-ring (bicyclic) bond motifs is 2. The van der Waals surface area contributed by atoms with E-state index in [1.807, 2.05) is 30.3 Å². The third-order valence-corrected chi connectivity index (χ3v) is 9.07. The van der Waals surface area contributed by atoms with Crippen molar-refractivity contribution in [1.29, 1.82) is 0 Å². The Balaban J connectivity index is 1.02. The highest BCUT2D eigenvalue weighted by Crippen LogP contribution is 2.31. The van der Waals surface area contributed by atoms with Crippen LogP contribution in [0.1, 0.15) is 49.6 Å². The molecule has 3 heterocycles. The van der Waals surface area contributed by atoms with E-state index in [-0.39, 0.29) is 17.9 Å².